The second-order valence-electron chi connectivity index (χ2n) is 4.37. The first-order valence-corrected chi connectivity index (χ1v) is 5.86. The predicted molar refractivity (Wildman–Crippen MR) is 59.0 cm³/mol. The van der Waals surface area contributed by atoms with Gasteiger partial charge in [0.2, 0.25) is 0 Å². The van der Waals surface area contributed by atoms with Crippen LogP contribution in [0.25, 0.3) is 0 Å². The highest BCUT2D eigenvalue weighted by atomic mass is 19.1. The lowest BCUT2D eigenvalue weighted by Gasteiger charge is -2.32. The minimum absolute atomic E-state index is 0.156. The zero-order valence-electron chi connectivity index (χ0n) is 10.3. The Kier molecular flexibility index (Phi) is 4.90. The van der Waals surface area contributed by atoms with Crippen molar-refractivity contribution in [3.63, 3.8) is 0 Å². The quantitative estimate of drug-likeness (QED) is 0.549. The maximum absolute atomic E-state index is 12.7. The van der Waals surface area contributed by atoms with Crippen LogP contribution in [0.5, 0.6) is 0 Å². The Bertz CT molecular complexity index is 268. The monoisotopic (exact) mass is 246 g/mol. The topological polar surface area (TPSA) is 52.6 Å². The van der Waals surface area contributed by atoms with Gasteiger partial charge in [-0.2, -0.15) is 0 Å². The number of carbonyl (C=O) groups excluding carboxylic acids is 2. The summed E-state index contributed by atoms with van der Waals surface area (Å²) in [6.07, 6.45) is 3.23. The molecule has 1 aliphatic carbocycles. The molecule has 4 nitrogen and oxygen atoms in total. The standard InChI is InChI=1S/C12H19FO4/c1-16-10(14)12(7-8-13,11(15)17-2)9-5-3-4-6-9/h9H,3-8H2,1-2H3. The van der Waals surface area contributed by atoms with Crippen LogP contribution in [-0.4, -0.2) is 32.8 Å². The molecule has 17 heavy (non-hydrogen) atoms. The van der Waals surface area contributed by atoms with Crippen LogP contribution >= 0.6 is 0 Å². The van der Waals surface area contributed by atoms with E-state index in [-0.39, 0.29) is 12.3 Å². The van der Waals surface area contributed by atoms with Gasteiger partial charge in [-0.3, -0.25) is 14.0 Å². The van der Waals surface area contributed by atoms with Gasteiger partial charge in [0.15, 0.2) is 5.41 Å². The Morgan fingerprint density at radius 3 is 2.00 bits per heavy atom. The third-order valence-corrected chi connectivity index (χ3v) is 3.64. The number of rotatable bonds is 5. The summed E-state index contributed by atoms with van der Waals surface area (Å²) in [4.78, 5) is 23.8. The SMILES string of the molecule is COC(=O)C(CCF)(C(=O)OC)C1CCCC1. The maximum Gasteiger partial charge on any atom is 0.323 e. The van der Waals surface area contributed by atoms with Crippen LogP contribution in [0.15, 0.2) is 0 Å². The minimum Gasteiger partial charge on any atom is -0.468 e. The Hall–Kier alpha value is -1.13. The van der Waals surface area contributed by atoms with Gasteiger partial charge in [-0.05, 0) is 18.8 Å². The summed E-state index contributed by atoms with van der Waals surface area (Å²) in [6, 6.07) is 0. The number of hydrogen-bond donors (Lipinski definition) is 0. The summed E-state index contributed by atoms with van der Waals surface area (Å²) in [7, 11) is 2.43. The molecule has 0 atom stereocenters. The molecule has 0 heterocycles. The molecule has 1 rings (SSSR count). The lowest BCUT2D eigenvalue weighted by atomic mass is 9.72. The van der Waals surface area contributed by atoms with Gasteiger partial charge in [0.1, 0.15) is 0 Å². The van der Waals surface area contributed by atoms with Gasteiger partial charge >= 0.3 is 11.9 Å². The molecule has 5 heteroatoms. The molecule has 0 radical (unpaired) electrons. The van der Waals surface area contributed by atoms with E-state index in [4.69, 9.17) is 9.47 Å². The Morgan fingerprint density at radius 1 is 1.18 bits per heavy atom. The van der Waals surface area contributed by atoms with Crippen molar-refractivity contribution in [2.75, 3.05) is 20.9 Å². The molecule has 1 saturated carbocycles. The summed E-state index contributed by atoms with van der Waals surface area (Å²) in [5.74, 6) is -1.51. The number of hydrogen-bond acceptors (Lipinski definition) is 4. The van der Waals surface area contributed by atoms with Gasteiger partial charge in [0.05, 0.1) is 20.9 Å². The normalized spacial score (nSPS) is 16.9. The van der Waals surface area contributed by atoms with Gasteiger partial charge in [-0.1, -0.05) is 12.8 Å². The molecule has 0 amide bonds. The predicted octanol–water partition coefficient (Wildman–Crippen LogP) is 1.87. The van der Waals surface area contributed by atoms with Crippen molar-refractivity contribution >= 4 is 11.9 Å². The zero-order valence-corrected chi connectivity index (χ0v) is 10.3. The molecule has 1 aliphatic rings. The Balaban J connectivity index is 3.08. The molecule has 0 unspecified atom stereocenters. The van der Waals surface area contributed by atoms with Gasteiger partial charge < -0.3 is 9.47 Å². The van der Waals surface area contributed by atoms with Crippen LogP contribution in [0.3, 0.4) is 0 Å². The van der Waals surface area contributed by atoms with E-state index < -0.39 is 24.0 Å². The number of esters is 2. The Morgan fingerprint density at radius 2 is 1.65 bits per heavy atom. The van der Waals surface area contributed by atoms with E-state index in [9.17, 15) is 14.0 Å². The van der Waals surface area contributed by atoms with Crippen LogP contribution in [-0.2, 0) is 19.1 Å². The van der Waals surface area contributed by atoms with E-state index in [2.05, 4.69) is 0 Å². The van der Waals surface area contributed by atoms with Crippen LogP contribution in [0, 0.1) is 11.3 Å². The Labute approximate surface area is 100 Å². The molecule has 0 aromatic rings. The van der Waals surface area contributed by atoms with Crippen molar-refractivity contribution in [1.29, 1.82) is 0 Å². The van der Waals surface area contributed by atoms with E-state index in [0.29, 0.717) is 0 Å². The lowest BCUT2D eigenvalue weighted by molar-refractivity contribution is -0.175. The van der Waals surface area contributed by atoms with E-state index in [0.717, 1.165) is 25.7 Å². The molecule has 0 aromatic heterocycles. The molecule has 1 fully saturated rings. The third kappa shape index (κ3) is 2.42. The average molecular weight is 246 g/mol. The fourth-order valence-corrected chi connectivity index (χ4v) is 2.76. The van der Waals surface area contributed by atoms with Crippen molar-refractivity contribution in [3.8, 4) is 0 Å². The van der Waals surface area contributed by atoms with Crippen molar-refractivity contribution in [2.24, 2.45) is 11.3 Å². The smallest absolute Gasteiger partial charge is 0.323 e. The summed E-state index contributed by atoms with van der Waals surface area (Å²) in [5, 5.41) is 0. The molecule has 0 aromatic carbocycles. The van der Waals surface area contributed by atoms with Crippen LogP contribution in [0.4, 0.5) is 4.39 Å². The second-order valence-corrected chi connectivity index (χ2v) is 4.37. The van der Waals surface area contributed by atoms with Crippen molar-refractivity contribution in [2.45, 2.75) is 32.1 Å². The molecule has 0 aliphatic heterocycles. The first-order chi connectivity index (χ1) is 8.13. The van der Waals surface area contributed by atoms with Gasteiger partial charge in [0.25, 0.3) is 0 Å². The van der Waals surface area contributed by atoms with Crippen molar-refractivity contribution < 1.29 is 23.5 Å². The van der Waals surface area contributed by atoms with Crippen molar-refractivity contribution in [1.82, 2.24) is 0 Å². The number of ether oxygens (including phenoxy) is 2. The van der Waals surface area contributed by atoms with Crippen LogP contribution in [0.2, 0.25) is 0 Å². The number of carbonyl (C=O) groups is 2. The first-order valence-electron chi connectivity index (χ1n) is 5.86. The average Bonchev–Trinajstić information content (AvgIpc) is 2.88. The van der Waals surface area contributed by atoms with Crippen LogP contribution in [0.1, 0.15) is 32.1 Å². The first kappa shape index (κ1) is 13.9. The maximum atomic E-state index is 12.7. The third-order valence-electron chi connectivity index (χ3n) is 3.64. The highest BCUT2D eigenvalue weighted by Crippen LogP contribution is 2.44. The lowest BCUT2D eigenvalue weighted by Crippen LogP contribution is -2.47. The summed E-state index contributed by atoms with van der Waals surface area (Å²) in [5.41, 5.74) is -1.45. The largest absolute Gasteiger partial charge is 0.468 e. The van der Waals surface area contributed by atoms with Crippen molar-refractivity contribution in [3.05, 3.63) is 0 Å². The van der Waals surface area contributed by atoms with E-state index in [1.165, 1.54) is 14.2 Å². The van der Waals surface area contributed by atoms with E-state index in [1.54, 1.807) is 0 Å². The van der Waals surface area contributed by atoms with Crippen LogP contribution < -0.4 is 0 Å². The number of methoxy groups -OCH3 is 2. The summed E-state index contributed by atoms with van der Waals surface area (Å²) in [6.45, 7) is -0.735. The van der Waals surface area contributed by atoms with E-state index in [1.807, 2.05) is 0 Å². The number of alkyl halides is 1. The molecule has 0 saturated heterocycles. The number of halogens is 1. The van der Waals surface area contributed by atoms with Gasteiger partial charge in [-0.15, -0.1) is 0 Å². The fraction of sp³-hybridized carbons (Fsp3) is 0.833. The molecule has 0 spiro atoms. The molecule has 98 valence electrons. The molecular weight excluding hydrogens is 227 g/mol. The summed E-state index contributed by atoms with van der Waals surface area (Å²) >= 11 is 0. The zero-order chi connectivity index (χ0) is 12.9. The van der Waals surface area contributed by atoms with E-state index >= 15 is 0 Å². The van der Waals surface area contributed by atoms with Gasteiger partial charge in [0, 0.05) is 6.42 Å². The minimum atomic E-state index is -1.45. The highest BCUT2D eigenvalue weighted by Gasteiger charge is 2.54. The highest BCUT2D eigenvalue weighted by molar-refractivity contribution is 6.00. The molecule has 0 N–H and O–H groups in total. The second kappa shape index (κ2) is 5.98. The summed E-state index contributed by atoms with van der Waals surface area (Å²) < 4.78 is 22.1. The molecule has 0 bridgehead atoms. The molecular formula is C12H19FO4. The fourth-order valence-electron chi connectivity index (χ4n) is 2.76. The van der Waals surface area contributed by atoms with Gasteiger partial charge in [-0.25, -0.2) is 0 Å².